The average molecular weight is 303 g/mol. The molecule has 0 aromatic heterocycles. The molecule has 2 aromatic rings. The molecule has 0 radical (unpaired) electrons. The van der Waals surface area contributed by atoms with Crippen molar-refractivity contribution in [2.75, 3.05) is 0 Å². The van der Waals surface area contributed by atoms with Gasteiger partial charge in [0.2, 0.25) is 0 Å². The monoisotopic (exact) mass is 302 g/mol. The van der Waals surface area contributed by atoms with Crippen LogP contribution in [0.25, 0.3) is 0 Å². The second-order valence-electron chi connectivity index (χ2n) is 6.67. The number of aryl methyl sites for hydroxylation is 1. The van der Waals surface area contributed by atoms with Crippen LogP contribution >= 0.6 is 11.6 Å². The van der Waals surface area contributed by atoms with E-state index in [1.807, 2.05) is 25.1 Å². The molecule has 112 valence electrons. The number of benzene rings is 2. The number of rotatable bonds is 3. The Kier molecular flexibility index (Phi) is 4.75. The van der Waals surface area contributed by atoms with Crippen molar-refractivity contribution in [2.45, 2.75) is 45.6 Å². The Morgan fingerprint density at radius 2 is 1.67 bits per heavy atom. The lowest BCUT2D eigenvalue weighted by Crippen LogP contribution is -2.11. The van der Waals surface area contributed by atoms with Gasteiger partial charge < -0.3 is 5.11 Å². The molecule has 0 amide bonds. The quantitative estimate of drug-likeness (QED) is 0.824. The predicted octanol–water partition coefficient (Wildman–Crippen LogP) is 5.22. The Labute approximate surface area is 132 Å². The normalized spacial score (nSPS) is 13.2. The Morgan fingerprint density at radius 1 is 1.05 bits per heavy atom. The molecule has 21 heavy (non-hydrogen) atoms. The van der Waals surface area contributed by atoms with Crippen molar-refractivity contribution < 1.29 is 5.11 Å². The van der Waals surface area contributed by atoms with E-state index in [0.717, 1.165) is 16.7 Å². The van der Waals surface area contributed by atoms with Gasteiger partial charge in [-0.25, -0.2) is 0 Å². The van der Waals surface area contributed by atoms with E-state index in [2.05, 4.69) is 45.0 Å². The third-order valence-electron chi connectivity index (χ3n) is 3.85. The fraction of sp³-hybridized carbons (Fsp3) is 0.368. The molecular formula is C19H23ClO. The number of hydrogen-bond acceptors (Lipinski definition) is 1. The van der Waals surface area contributed by atoms with Crippen LogP contribution in [0.15, 0.2) is 42.5 Å². The summed E-state index contributed by atoms with van der Waals surface area (Å²) in [5, 5.41) is 11.1. The summed E-state index contributed by atoms with van der Waals surface area (Å²) in [6, 6.07) is 14.1. The predicted molar refractivity (Wildman–Crippen MR) is 90.0 cm³/mol. The molecule has 2 heteroatoms. The van der Waals surface area contributed by atoms with Crippen LogP contribution in [0.2, 0.25) is 5.02 Å². The van der Waals surface area contributed by atoms with Crippen LogP contribution in [-0.4, -0.2) is 5.11 Å². The maximum absolute atomic E-state index is 10.4. The summed E-state index contributed by atoms with van der Waals surface area (Å²) in [5.41, 5.74) is 4.57. The maximum Gasteiger partial charge on any atom is 0.0833 e. The summed E-state index contributed by atoms with van der Waals surface area (Å²) in [6.07, 6.45) is 0.0789. The number of aliphatic hydroxyl groups excluding tert-OH is 1. The largest absolute Gasteiger partial charge is 0.388 e. The molecule has 2 rings (SSSR count). The van der Waals surface area contributed by atoms with Crippen molar-refractivity contribution in [2.24, 2.45) is 0 Å². The summed E-state index contributed by atoms with van der Waals surface area (Å²) in [5.74, 6) is 0. The van der Waals surface area contributed by atoms with Crippen molar-refractivity contribution in [3.05, 3.63) is 69.7 Å². The number of hydrogen-bond donors (Lipinski definition) is 1. The van der Waals surface area contributed by atoms with Gasteiger partial charge in [-0.3, -0.25) is 0 Å². The molecule has 0 bridgehead atoms. The van der Waals surface area contributed by atoms with Crippen LogP contribution in [0.4, 0.5) is 0 Å². The minimum Gasteiger partial charge on any atom is -0.388 e. The lowest BCUT2D eigenvalue weighted by atomic mass is 9.86. The van der Waals surface area contributed by atoms with Crippen LogP contribution in [-0.2, 0) is 11.8 Å². The third-order valence-corrected chi connectivity index (χ3v) is 4.08. The zero-order valence-corrected chi connectivity index (χ0v) is 13.9. The lowest BCUT2D eigenvalue weighted by molar-refractivity contribution is 0.177. The van der Waals surface area contributed by atoms with E-state index in [0.29, 0.717) is 11.4 Å². The molecule has 0 spiro atoms. The topological polar surface area (TPSA) is 20.2 Å². The van der Waals surface area contributed by atoms with Gasteiger partial charge in [-0.05, 0) is 46.7 Å². The van der Waals surface area contributed by atoms with E-state index in [-0.39, 0.29) is 5.41 Å². The SMILES string of the molecule is Cc1ccc(Cl)cc1C(O)Cc1ccc(C(C)(C)C)cc1. The van der Waals surface area contributed by atoms with E-state index in [1.165, 1.54) is 5.56 Å². The van der Waals surface area contributed by atoms with Gasteiger partial charge >= 0.3 is 0 Å². The summed E-state index contributed by atoms with van der Waals surface area (Å²) in [7, 11) is 0. The van der Waals surface area contributed by atoms with Crippen molar-refractivity contribution in [3.8, 4) is 0 Å². The van der Waals surface area contributed by atoms with Gasteiger partial charge in [0.1, 0.15) is 0 Å². The fourth-order valence-corrected chi connectivity index (χ4v) is 2.62. The van der Waals surface area contributed by atoms with E-state index in [1.54, 1.807) is 0 Å². The Balaban J connectivity index is 2.16. The molecule has 1 nitrogen and oxygen atoms in total. The Hall–Kier alpha value is -1.31. The zero-order valence-electron chi connectivity index (χ0n) is 13.2. The first-order chi connectivity index (χ1) is 9.77. The van der Waals surface area contributed by atoms with Gasteiger partial charge in [0.05, 0.1) is 6.10 Å². The molecule has 0 saturated carbocycles. The zero-order chi connectivity index (χ0) is 15.6. The summed E-state index contributed by atoms with van der Waals surface area (Å²) in [4.78, 5) is 0. The van der Waals surface area contributed by atoms with Crippen LogP contribution in [0.5, 0.6) is 0 Å². The molecule has 0 saturated heterocycles. The van der Waals surface area contributed by atoms with E-state index in [9.17, 15) is 5.11 Å². The van der Waals surface area contributed by atoms with Crippen LogP contribution in [0.1, 0.15) is 49.1 Å². The smallest absolute Gasteiger partial charge is 0.0833 e. The highest BCUT2D eigenvalue weighted by Crippen LogP contribution is 2.26. The highest BCUT2D eigenvalue weighted by Gasteiger charge is 2.15. The molecule has 0 aliphatic heterocycles. The molecule has 0 aliphatic carbocycles. The Bertz CT molecular complexity index is 608. The van der Waals surface area contributed by atoms with Gasteiger partial charge in [-0.2, -0.15) is 0 Å². The fourth-order valence-electron chi connectivity index (χ4n) is 2.44. The van der Waals surface area contributed by atoms with Crippen LogP contribution in [0, 0.1) is 6.92 Å². The summed E-state index contributed by atoms with van der Waals surface area (Å²) in [6.45, 7) is 8.60. The first-order valence-electron chi connectivity index (χ1n) is 7.31. The van der Waals surface area contributed by atoms with E-state index < -0.39 is 6.10 Å². The average Bonchev–Trinajstić information content (AvgIpc) is 2.41. The second-order valence-corrected chi connectivity index (χ2v) is 7.10. The lowest BCUT2D eigenvalue weighted by Gasteiger charge is -2.20. The minimum atomic E-state index is -0.524. The minimum absolute atomic E-state index is 0.153. The molecular weight excluding hydrogens is 280 g/mol. The van der Waals surface area contributed by atoms with E-state index in [4.69, 9.17) is 11.6 Å². The van der Waals surface area contributed by atoms with Crippen molar-refractivity contribution >= 4 is 11.6 Å². The Morgan fingerprint density at radius 3 is 2.24 bits per heavy atom. The first-order valence-corrected chi connectivity index (χ1v) is 7.69. The van der Waals surface area contributed by atoms with Crippen molar-refractivity contribution in [3.63, 3.8) is 0 Å². The molecule has 1 N–H and O–H groups in total. The number of halogens is 1. The van der Waals surface area contributed by atoms with Gasteiger partial charge in [-0.15, -0.1) is 0 Å². The van der Waals surface area contributed by atoms with Gasteiger partial charge in [0.15, 0.2) is 0 Å². The van der Waals surface area contributed by atoms with Gasteiger partial charge in [0.25, 0.3) is 0 Å². The van der Waals surface area contributed by atoms with Crippen LogP contribution < -0.4 is 0 Å². The molecule has 1 atom stereocenters. The molecule has 2 aromatic carbocycles. The van der Waals surface area contributed by atoms with Gasteiger partial charge in [0, 0.05) is 11.4 Å². The number of aliphatic hydroxyl groups is 1. The highest BCUT2D eigenvalue weighted by molar-refractivity contribution is 6.30. The maximum atomic E-state index is 10.4. The molecule has 0 aliphatic rings. The summed E-state index contributed by atoms with van der Waals surface area (Å²) < 4.78 is 0. The third kappa shape index (κ3) is 4.09. The van der Waals surface area contributed by atoms with Crippen molar-refractivity contribution in [1.82, 2.24) is 0 Å². The summed E-state index contributed by atoms with van der Waals surface area (Å²) >= 11 is 6.02. The molecule has 0 fully saturated rings. The highest BCUT2D eigenvalue weighted by atomic mass is 35.5. The molecule has 0 heterocycles. The molecule has 1 unspecified atom stereocenters. The van der Waals surface area contributed by atoms with Gasteiger partial charge in [-0.1, -0.05) is 62.7 Å². The first kappa shape index (κ1) is 16.1. The van der Waals surface area contributed by atoms with Crippen LogP contribution in [0.3, 0.4) is 0 Å². The standard InChI is InChI=1S/C19H23ClO/c1-13-5-10-16(20)12-17(13)18(21)11-14-6-8-15(9-7-14)19(2,3)4/h5-10,12,18,21H,11H2,1-4H3. The second kappa shape index (κ2) is 6.21. The van der Waals surface area contributed by atoms with Crippen molar-refractivity contribution in [1.29, 1.82) is 0 Å². The van der Waals surface area contributed by atoms with E-state index >= 15 is 0 Å².